The fourth-order valence-electron chi connectivity index (χ4n) is 1.90. The van der Waals surface area contributed by atoms with Crippen LogP contribution in [0.5, 0.6) is 0 Å². The van der Waals surface area contributed by atoms with Crippen LogP contribution >= 0.6 is 15.9 Å². The van der Waals surface area contributed by atoms with Crippen LogP contribution in [0.4, 0.5) is 13.2 Å². The number of methoxy groups -OCH3 is 1. The topological polar surface area (TPSA) is 38.3 Å². The molecule has 0 radical (unpaired) electrons. The van der Waals surface area contributed by atoms with E-state index in [-0.39, 0.29) is 16.1 Å². The predicted molar refractivity (Wildman–Crippen MR) is 77.2 cm³/mol. The molecule has 1 aromatic rings. The van der Waals surface area contributed by atoms with Crippen molar-refractivity contribution in [1.29, 1.82) is 0 Å². The average molecular weight is 368 g/mol. The van der Waals surface area contributed by atoms with Crippen molar-refractivity contribution in [2.75, 3.05) is 13.7 Å². The summed E-state index contributed by atoms with van der Waals surface area (Å²) in [5.74, 6) is -0.538. The monoisotopic (exact) mass is 367 g/mol. The van der Waals surface area contributed by atoms with E-state index in [0.29, 0.717) is 13.0 Å². The molecule has 1 rings (SSSR count). The van der Waals surface area contributed by atoms with E-state index in [9.17, 15) is 18.0 Å². The van der Waals surface area contributed by atoms with E-state index in [1.165, 1.54) is 19.2 Å². The van der Waals surface area contributed by atoms with Crippen LogP contribution in [0.15, 0.2) is 22.7 Å². The molecular formula is C14H17BrF3NO2. The number of nitrogens with one attached hydrogen (secondary N) is 1. The molecule has 0 aliphatic heterocycles. The number of hydrogen-bond donors (Lipinski definition) is 1. The van der Waals surface area contributed by atoms with E-state index in [1.807, 2.05) is 6.92 Å². The molecule has 7 heteroatoms. The predicted octanol–water partition coefficient (Wildman–Crippen LogP) is 4.01. The summed E-state index contributed by atoms with van der Waals surface area (Å²) >= 11 is 2.84. The summed E-state index contributed by atoms with van der Waals surface area (Å²) < 4.78 is 43.3. The highest BCUT2D eigenvalue weighted by molar-refractivity contribution is 9.10. The van der Waals surface area contributed by atoms with Crippen molar-refractivity contribution in [3.8, 4) is 0 Å². The van der Waals surface area contributed by atoms with Crippen LogP contribution in [-0.2, 0) is 10.9 Å². The van der Waals surface area contributed by atoms with Gasteiger partial charge in [-0.15, -0.1) is 0 Å². The lowest BCUT2D eigenvalue weighted by atomic mass is 10.1. The Morgan fingerprint density at radius 3 is 2.62 bits per heavy atom. The summed E-state index contributed by atoms with van der Waals surface area (Å²) in [4.78, 5) is 12.0. The zero-order chi connectivity index (χ0) is 16.0. The summed E-state index contributed by atoms with van der Waals surface area (Å²) in [6.07, 6.45) is -2.98. The SMILES string of the molecule is CCCC(COC)NC(=O)c1ccc(Br)c(C(F)(F)F)c1. The van der Waals surface area contributed by atoms with Gasteiger partial charge in [-0.2, -0.15) is 13.2 Å². The molecule has 0 bridgehead atoms. The second kappa shape index (κ2) is 7.79. The summed E-state index contributed by atoms with van der Waals surface area (Å²) in [5.41, 5.74) is -0.892. The van der Waals surface area contributed by atoms with Gasteiger partial charge in [-0.05, 0) is 24.6 Å². The van der Waals surface area contributed by atoms with Gasteiger partial charge in [0.15, 0.2) is 0 Å². The van der Waals surface area contributed by atoms with Crippen molar-refractivity contribution >= 4 is 21.8 Å². The van der Waals surface area contributed by atoms with Gasteiger partial charge in [0, 0.05) is 17.1 Å². The Balaban J connectivity index is 2.92. The quantitative estimate of drug-likeness (QED) is 0.824. The Hall–Kier alpha value is -1.08. The van der Waals surface area contributed by atoms with Gasteiger partial charge in [0.05, 0.1) is 18.2 Å². The fourth-order valence-corrected chi connectivity index (χ4v) is 2.37. The number of carbonyl (C=O) groups is 1. The third-order valence-corrected chi connectivity index (χ3v) is 3.57. The van der Waals surface area contributed by atoms with Crippen molar-refractivity contribution in [1.82, 2.24) is 5.32 Å². The lowest BCUT2D eigenvalue weighted by molar-refractivity contribution is -0.138. The second-order valence-electron chi connectivity index (χ2n) is 4.61. The zero-order valence-electron chi connectivity index (χ0n) is 11.8. The Kier molecular flexibility index (Phi) is 6.67. The Labute approximate surface area is 130 Å². The van der Waals surface area contributed by atoms with Crippen LogP contribution in [0.3, 0.4) is 0 Å². The smallest absolute Gasteiger partial charge is 0.383 e. The molecule has 0 aromatic heterocycles. The molecule has 0 spiro atoms. The number of amides is 1. The van der Waals surface area contributed by atoms with Gasteiger partial charge in [-0.25, -0.2) is 0 Å². The van der Waals surface area contributed by atoms with E-state index >= 15 is 0 Å². The number of hydrogen-bond acceptors (Lipinski definition) is 2. The fraction of sp³-hybridized carbons (Fsp3) is 0.500. The maximum atomic E-state index is 12.8. The van der Waals surface area contributed by atoms with Crippen LogP contribution in [-0.4, -0.2) is 25.7 Å². The first-order valence-electron chi connectivity index (χ1n) is 6.46. The van der Waals surface area contributed by atoms with Crippen molar-refractivity contribution in [2.45, 2.75) is 32.0 Å². The van der Waals surface area contributed by atoms with Crippen molar-refractivity contribution < 1.29 is 22.7 Å². The lowest BCUT2D eigenvalue weighted by Crippen LogP contribution is -2.38. The van der Waals surface area contributed by atoms with Gasteiger partial charge < -0.3 is 10.1 Å². The molecular weight excluding hydrogens is 351 g/mol. The number of ether oxygens (including phenoxy) is 1. The number of carbonyl (C=O) groups excluding carboxylic acids is 1. The summed E-state index contributed by atoms with van der Waals surface area (Å²) in [5, 5.41) is 2.69. The highest BCUT2D eigenvalue weighted by atomic mass is 79.9. The number of benzene rings is 1. The lowest BCUT2D eigenvalue weighted by Gasteiger charge is -2.18. The zero-order valence-corrected chi connectivity index (χ0v) is 13.3. The van der Waals surface area contributed by atoms with E-state index in [2.05, 4.69) is 21.2 Å². The minimum absolute atomic E-state index is 0.0252. The van der Waals surface area contributed by atoms with Gasteiger partial charge in [0.1, 0.15) is 0 Å². The molecule has 0 saturated carbocycles. The van der Waals surface area contributed by atoms with E-state index in [1.54, 1.807) is 0 Å². The Morgan fingerprint density at radius 1 is 1.43 bits per heavy atom. The maximum absolute atomic E-state index is 12.8. The van der Waals surface area contributed by atoms with Gasteiger partial charge >= 0.3 is 6.18 Å². The third-order valence-electron chi connectivity index (χ3n) is 2.87. The average Bonchev–Trinajstić information content (AvgIpc) is 2.38. The standard InChI is InChI=1S/C14H17BrF3NO2/c1-3-4-10(8-21-2)19-13(20)9-5-6-12(15)11(7-9)14(16,17)18/h5-7,10H,3-4,8H2,1-2H3,(H,19,20). The van der Waals surface area contributed by atoms with Crippen molar-refractivity contribution in [3.63, 3.8) is 0 Å². The van der Waals surface area contributed by atoms with Crippen LogP contribution in [0.1, 0.15) is 35.7 Å². The van der Waals surface area contributed by atoms with E-state index in [0.717, 1.165) is 12.5 Å². The third kappa shape index (κ3) is 5.32. The molecule has 21 heavy (non-hydrogen) atoms. The first-order chi connectivity index (χ1) is 9.79. The highest BCUT2D eigenvalue weighted by Crippen LogP contribution is 2.35. The molecule has 1 aromatic carbocycles. The molecule has 1 atom stereocenters. The van der Waals surface area contributed by atoms with Crippen LogP contribution < -0.4 is 5.32 Å². The normalized spacial score (nSPS) is 13.0. The largest absolute Gasteiger partial charge is 0.417 e. The minimum Gasteiger partial charge on any atom is -0.383 e. The summed E-state index contributed by atoms with van der Waals surface area (Å²) in [7, 11) is 1.51. The summed E-state index contributed by atoms with van der Waals surface area (Å²) in [6.45, 7) is 2.28. The molecule has 0 heterocycles. The van der Waals surface area contributed by atoms with Gasteiger partial charge in [-0.3, -0.25) is 4.79 Å². The molecule has 0 aliphatic rings. The Morgan fingerprint density at radius 2 is 2.10 bits per heavy atom. The molecule has 0 aliphatic carbocycles. The van der Waals surface area contributed by atoms with Crippen LogP contribution in [0.2, 0.25) is 0 Å². The maximum Gasteiger partial charge on any atom is 0.417 e. The van der Waals surface area contributed by atoms with E-state index < -0.39 is 17.6 Å². The molecule has 118 valence electrons. The Bertz CT molecular complexity index is 486. The van der Waals surface area contributed by atoms with Gasteiger partial charge in [0.2, 0.25) is 0 Å². The molecule has 3 nitrogen and oxygen atoms in total. The van der Waals surface area contributed by atoms with E-state index in [4.69, 9.17) is 4.74 Å². The first-order valence-corrected chi connectivity index (χ1v) is 7.25. The minimum atomic E-state index is -4.51. The molecule has 0 fully saturated rings. The molecule has 1 N–H and O–H groups in total. The van der Waals surface area contributed by atoms with Gasteiger partial charge in [-0.1, -0.05) is 29.3 Å². The molecule has 0 saturated heterocycles. The van der Waals surface area contributed by atoms with Crippen LogP contribution in [0, 0.1) is 0 Å². The second-order valence-corrected chi connectivity index (χ2v) is 5.46. The van der Waals surface area contributed by atoms with Crippen molar-refractivity contribution in [2.24, 2.45) is 0 Å². The highest BCUT2D eigenvalue weighted by Gasteiger charge is 2.33. The number of rotatable bonds is 6. The number of halogens is 4. The number of alkyl halides is 3. The van der Waals surface area contributed by atoms with Gasteiger partial charge in [0.25, 0.3) is 5.91 Å². The van der Waals surface area contributed by atoms with Crippen LogP contribution in [0.25, 0.3) is 0 Å². The van der Waals surface area contributed by atoms with Crippen molar-refractivity contribution in [3.05, 3.63) is 33.8 Å². The molecule has 1 amide bonds. The first kappa shape index (κ1) is 18.0. The molecule has 1 unspecified atom stereocenters. The summed E-state index contributed by atoms with van der Waals surface area (Å²) in [6, 6.07) is 3.20.